The van der Waals surface area contributed by atoms with Crippen molar-refractivity contribution < 1.29 is 14.3 Å². The minimum absolute atomic E-state index is 0.105. The average Bonchev–Trinajstić information content (AvgIpc) is 3.28. The number of hydrogen-bond acceptors (Lipinski definition) is 7. The van der Waals surface area contributed by atoms with Crippen molar-refractivity contribution >= 4 is 35.1 Å². The summed E-state index contributed by atoms with van der Waals surface area (Å²) in [5, 5.41) is 11.1. The van der Waals surface area contributed by atoms with Crippen molar-refractivity contribution in [2.24, 2.45) is 16.9 Å². The number of aromatic nitrogens is 2. The Labute approximate surface area is 184 Å². The summed E-state index contributed by atoms with van der Waals surface area (Å²) in [5.74, 6) is 2.93. The number of H-pyrrole nitrogens is 1. The van der Waals surface area contributed by atoms with Crippen LogP contribution in [-0.4, -0.2) is 54.0 Å². The number of anilines is 1. The summed E-state index contributed by atoms with van der Waals surface area (Å²) >= 11 is 0. The van der Waals surface area contributed by atoms with E-state index < -0.39 is 0 Å². The third kappa shape index (κ3) is 3.45. The number of benzene rings is 2. The van der Waals surface area contributed by atoms with E-state index in [1.165, 1.54) is 6.21 Å². The van der Waals surface area contributed by atoms with Crippen molar-refractivity contribution in [3.63, 3.8) is 0 Å². The van der Waals surface area contributed by atoms with Crippen LogP contribution in [0, 0.1) is 17.2 Å². The minimum Gasteiger partial charge on any atom is -0.497 e. The van der Waals surface area contributed by atoms with Gasteiger partial charge in [-0.25, -0.2) is 4.98 Å². The predicted molar refractivity (Wildman–Crippen MR) is 122 cm³/mol. The first-order valence-electron chi connectivity index (χ1n) is 10.4. The molecule has 2 heterocycles. The van der Waals surface area contributed by atoms with Gasteiger partial charge in [0.15, 0.2) is 0 Å². The second-order valence-electron chi connectivity index (χ2n) is 8.04. The first kappa shape index (κ1) is 20.0. The first-order chi connectivity index (χ1) is 15.6. The number of likely N-dealkylation sites (tertiary alicyclic amines) is 1. The Bertz CT molecular complexity index is 1220. The molecule has 3 aromatic rings. The van der Waals surface area contributed by atoms with Crippen molar-refractivity contribution in [2.45, 2.75) is 12.5 Å². The number of nitrogens with one attached hydrogen (secondary N) is 3. The number of rotatable bonds is 7. The highest BCUT2D eigenvalue weighted by atomic mass is 16.5. The van der Waals surface area contributed by atoms with E-state index in [1.807, 2.05) is 23.1 Å². The van der Waals surface area contributed by atoms with Gasteiger partial charge in [0.1, 0.15) is 17.3 Å². The Hall–Kier alpha value is -3.88. The number of amides is 1. The van der Waals surface area contributed by atoms with Crippen LogP contribution in [0.1, 0.15) is 28.6 Å². The van der Waals surface area contributed by atoms with E-state index >= 15 is 0 Å². The van der Waals surface area contributed by atoms with Gasteiger partial charge >= 0.3 is 0 Å². The molecule has 0 spiro atoms. The summed E-state index contributed by atoms with van der Waals surface area (Å²) in [6.45, 7) is 0.689. The number of carbonyl (C=O) groups excluding carboxylic acids is 1. The molecule has 0 radical (unpaired) electrons. The number of ether oxygens (including phenoxy) is 2. The molecule has 3 N–H and O–H groups in total. The normalized spacial score (nSPS) is 21.6. The average molecular weight is 432 g/mol. The molecule has 1 aliphatic carbocycles. The second kappa shape index (κ2) is 7.99. The molecule has 32 heavy (non-hydrogen) atoms. The quantitative estimate of drug-likeness (QED) is 0.391. The van der Waals surface area contributed by atoms with Gasteiger partial charge in [-0.15, -0.1) is 0 Å². The Kier molecular flexibility index (Phi) is 5.01. The lowest BCUT2D eigenvalue weighted by molar-refractivity contribution is 0.0699. The van der Waals surface area contributed by atoms with E-state index in [4.69, 9.17) is 19.9 Å². The molecular weight excluding hydrogens is 408 g/mol. The van der Waals surface area contributed by atoms with Crippen LogP contribution in [0.3, 0.4) is 0 Å². The molecule has 0 bridgehead atoms. The Morgan fingerprint density at radius 2 is 2.03 bits per heavy atom. The number of nitrogens with zero attached hydrogens (tertiary/aromatic N) is 3. The van der Waals surface area contributed by atoms with Crippen LogP contribution in [0.25, 0.3) is 11.0 Å². The molecule has 164 valence electrons. The van der Waals surface area contributed by atoms with Crippen LogP contribution >= 0.6 is 0 Å². The lowest BCUT2D eigenvalue weighted by atomic mass is 10.1. The number of aromatic amines is 1. The number of hydrogen-bond donors (Lipinski definition) is 3. The fourth-order valence-electron chi connectivity index (χ4n) is 4.52. The van der Waals surface area contributed by atoms with Gasteiger partial charge in [-0.1, -0.05) is 0 Å². The van der Waals surface area contributed by atoms with E-state index in [-0.39, 0.29) is 11.9 Å². The van der Waals surface area contributed by atoms with Gasteiger partial charge < -0.3 is 24.8 Å². The Morgan fingerprint density at radius 1 is 1.25 bits per heavy atom. The fourth-order valence-corrected chi connectivity index (χ4v) is 4.52. The molecule has 1 saturated heterocycles. The summed E-state index contributed by atoms with van der Waals surface area (Å²) in [6, 6.07) is 10.9. The third-order valence-electron chi connectivity index (χ3n) is 6.19. The predicted octanol–water partition coefficient (Wildman–Crippen LogP) is 3.46. The Morgan fingerprint density at radius 3 is 2.81 bits per heavy atom. The summed E-state index contributed by atoms with van der Waals surface area (Å²) in [5.41, 5.74) is 5.62. The van der Waals surface area contributed by atoms with Crippen molar-refractivity contribution in [1.29, 1.82) is 5.41 Å². The molecular formula is C23H24N6O3. The number of fused-ring (bicyclic) bond motifs is 2. The van der Waals surface area contributed by atoms with Gasteiger partial charge in [0.2, 0.25) is 0 Å². The molecule has 0 unspecified atom stereocenters. The maximum atomic E-state index is 13.7. The molecule has 1 saturated carbocycles. The molecule has 9 nitrogen and oxygen atoms in total. The molecule has 1 aliphatic heterocycles. The fraction of sp³-hybridized carbons (Fsp3) is 0.304. The monoisotopic (exact) mass is 432 g/mol. The zero-order chi connectivity index (χ0) is 22.2. The second-order valence-corrected chi connectivity index (χ2v) is 8.04. The largest absolute Gasteiger partial charge is 0.497 e. The molecule has 2 fully saturated rings. The minimum atomic E-state index is -0.116. The van der Waals surface area contributed by atoms with Crippen LogP contribution in [0.2, 0.25) is 0 Å². The maximum Gasteiger partial charge on any atom is 0.256 e. The van der Waals surface area contributed by atoms with E-state index in [1.54, 1.807) is 32.4 Å². The number of piperidine rings is 1. The van der Waals surface area contributed by atoms with Gasteiger partial charge in [-0.3, -0.25) is 10.2 Å². The molecule has 3 atom stereocenters. The van der Waals surface area contributed by atoms with Gasteiger partial charge in [-0.2, -0.15) is 5.10 Å². The van der Waals surface area contributed by atoms with Gasteiger partial charge in [0.05, 0.1) is 48.8 Å². The summed E-state index contributed by atoms with van der Waals surface area (Å²) in [6.07, 6.45) is 3.48. The number of imidazole rings is 1. The topological polar surface area (TPSA) is 116 Å². The van der Waals surface area contributed by atoms with E-state index in [9.17, 15) is 4.79 Å². The van der Waals surface area contributed by atoms with Gasteiger partial charge in [0, 0.05) is 18.8 Å². The van der Waals surface area contributed by atoms with Crippen LogP contribution in [0.5, 0.6) is 11.5 Å². The summed E-state index contributed by atoms with van der Waals surface area (Å²) in [4.78, 5) is 23.8. The Balaban J connectivity index is 1.50. The first-order valence-corrected chi connectivity index (χ1v) is 10.4. The van der Waals surface area contributed by atoms with Crippen LogP contribution in [0.15, 0.2) is 41.5 Å². The number of carbonyl (C=O) groups is 1. The van der Waals surface area contributed by atoms with E-state index in [2.05, 4.69) is 15.5 Å². The highest BCUT2D eigenvalue weighted by molar-refractivity contribution is 6.14. The molecule has 5 rings (SSSR count). The molecule has 1 amide bonds. The molecule has 2 aromatic carbocycles. The number of hydrazone groups is 1. The van der Waals surface area contributed by atoms with Crippen LogP contribution in [0.4, 0.5) is 5.69 Å². The molecule has 1 aromatic heterocycles. The standard InChI is InChI=1S/C23H24N6O3/c1-31-14-3-5-18(28-25-8-7-24)17(10-14)23(30)29-12-13-9-16(13)21(29)22-26-19-6-4-15(32-2)11-20(19)27-22/h3-8,10-11,13,16,21,24,28H,9,12H2,1-2H3,(H,26,27)/b24-7?,25-8-/t13-,16-,21-/m0/s1. The van der Waals surface area contributed by atoms with Crippen molar-refractivity contribution in [3.05, 3.63) is 47.8 Å². The van der Waals surface area contributed by atoms with Crippen molar-refractivity contribution in [1.82, 2.24) is 14.9 Å². The van der Waals surface area contributed by atoms with Crippen LogP contribution < -0.4 is 14.9 Å². The number of methoxy groups -OCH3 is 2. The lowest BCUT2D eigenvalue weighted by Crippen LogP contribution is -2.34. The van der Waals surface area contributed by atoms with Gasteiger partial charge in [0.25, 0.3) is 5.91 Å². The van der Waals surface area contributed by atoms with Crippen molar-refractivity contribution in [3.8, 4) is 11.5 Å². The SMILES string of the molecule is COc1ccc(N/N=C\C=N)c(C(=O)N2C[C@@H]3C[C@@H]3[C@H]2c2nc3ccc(OC)cc3[nH]2)c1. The van der Waals surface area contributed by atoms with Crippen molar-refractivity contribution in [2.75, 3.05) is 26.2 Å². The van der Waals surface area contributed by atoms with Gasteiger partial charge in [-0.05, 0) is 48.6 Å². The van der Waals surface area contributed by atoms with E-state index in [0.29, 0.717) is 35.4 Å². The third-order valence-corrected chi connectivity index (χ3v) is 6.19. The summed E-state index contributed by atoms with van der Waals surface area (Å²) < 4.78 is 10.7. The highest BCUT2D eigenvalue weighted by Crippen LogP contribution is 2.56. The highest BCUT2D eigenvalue weighted by Gasteiger charge is 2.55. The molecule has 2 aliphatic rings. The summed E-state index contributed by atoms with van der Waals surface area (Å²) in [7, 11) is 3.21. The van der Waals surface area contributed by atoms with Crippen LogP contribution in [-0.2, 0) is 0 Å². The lowest BCUT2D eigenvalue weighted by Gasteiger charge is -2.27. The zero-order valence-corrected chi connectivity index (χ0v) is 17.8. The molecule has 9 heteroatoms. The maximum absolute atomic E-state index is 13.7. The smallest absolute Gasteiger partial charge is 0.256 e. The zero-order valence-electron chi connectivity index (χ0n) is 17.8. The van der Waals surface area contributed by atoms with E-state index in [0.717, 1.165) is 35.2 Å².